The zero-order valence-electron chi connectivity index (χ0n) is 15.9. The van der Waals surface area contributed by atoms with E-state index in [4.69, 9.17) is 11.6 Å². The number of aromatic nitrogens is 3. The lowest BCUT2D eigenvalue weighted by Crippen LogP contribution is -2.48. The number of imide groups is 1. The molecule has 3 amide bonds. The first-order valence-electron chi connectivity index (χ1n) is 9.33. The second kappa shape index (κ2) is 9.43. The molecule has 2 atom stereocenters. The van der Waals surface area contributed by atoms with Gasteiger partial charge in [-0.2, -0.15) is 0 Å². The Hall–Kier alpha value is -2.06. The molecule has 0 aliphatic heterocycles. The molecule has 1 aliphatic rings. The van der Waals surface area contributed by atoms with Crippen molar-refractivity contribution < 1.29 is 9.59 Å². The maximum absolute atomic E-state index is 12.1. The number of nitrogens with zero attached hydrogens (tertiary/aromatic N) is 3. The number of hydrogen-bond donors (Lipinski definition) is 2. The van der Waals surface area contributed by atoms with E-state index in [1.54, 1.807) is 10.6 Å². The van der Waals surface area contributed by atoms with Gasteiger partial charge in [0.1, 0.15) is 0 Å². The lowest BCUT2D eigenvalue weighted by molar-refractivity contribution is -0.117. The van der Waals surface area contributed by atoms with Crippen LogP contribution in [-0.4, -0.2) is 38.5 Å². The zero-order valence-corrected chi connectivity index (χ0v) is 17.5. The number of thioether (sulfide) groups is 1. The molecule has 7 nitrogen and oxygen atoms in total. The van der Waals surface area contributed by atoms with E-state index in [1.165, 1.54) is 18.2 Å². The topological polar surface area (TPSA) is 88.9 Å². The second-order valence-corrected chi connectivity index (χ2v) is 8.37. The Morgan fingerprint density at radius 2 is 2.00 bits per heavy atom. The molecule has 0 radical (unpaired) electrons. The van der Waals surface area contributed by atoms with E-state index in [2.05, 4.69) is 27.8 Å². The third-order valence-electron chi connectivity index (χ3n) is 4.96. The van der Waals surface area contributed by atoms with Crippen LogP contribution in [0.3, 0.4) is 0 Å². The second-order valence-electron chi connectivity index (χ2n) is 7.02. The Morgan fingerprint density at radius 1 is 1.25 bits per heavy atom. The fourth-order valence-corrected chi connectivity index (χ4v) is 4.28. The molecule has 28 heavy (non-hydrogen) atoms. The number of rotatable bonds is 5. The summed E-state index contributed by atoms with van der Waals surface area (Å²) < 4.78 is 1.78. The molecule has 1 aliphatic carbocycles. The summed E-state index contributed by atoms with van der Waals surface area (Å²) in [7, 11) is 1.82. The highest BCUT2D eigenvalue weighted by Crippen LogP contribution is 2.28. The van der Waals surface area contributed by atoms with Gasteiger partial charge in [0.25, 0.3) is 0 Å². The molecule has 2 unspecified atom stereocenters. The molecule has 0 bridgehead atoms. The quantitative estimate of drug-likeness (QED) is 0.719. The number of carbonyl (C=O) groups is 2. The molecule has 9 heteroatoms. The summed E-state index contributed by atoms with van der Waals surface area (Å²) in [4.78, 5) is 24.2. The van der Waals surface area contributed by atoms with Crippen molar-refractivity contribution in [3.05, 3.63) is 29.3 Å². The van der Waals surface area contributed by atoms with E-state index in [0.29, 0.717) is 21.9 Å². The SMILES string of the molecule is CC1CCCCC1NC(=O)NC(=O)CSc1nnc(-c2ccccc2Cl)n1C. The van der Waals surface area contributed by atoms with Crippen molar-refractivity contribution in [2.24, 2.45) is 13.0 Å². The van der Waals surface area contributed by atoms with Crippen LogP contribution >= 0.6 is 23.4 Å². The number of benzene rings is 1. The summed E-state index contributed by atoms with van der Waals surface area (Å²) in [6.45, 7) is 2.13. The third-order valence-corrected chi connectivity index (χ3v) is 6.31. The van der Waals surface area contributed by atoms with E-state index in [9.17, 15) is 9.59 Å². The van der Waals surface area contributed by atoms with Gasteiger partial charge in [0.15, 0.2) is 11.0 Å². The van der Waals surface area contributed by atoms with Crippen LogP contribution in [0.5, 0.6) is 0 Å². The molecule has 1 saturated carbocycles. The smallest absolute Gasteiger partial charge is 0.321 e. The molecule has 1 aromatic carbocycles. The Kier molecular flexibility index (Phi) is 6.96. The average molecular weight is 422 g/mol. The molecule has 1 aromatic heterocycles. The van der Waals surface area contributed by atoms with Gasteiger partial charge < -0.3 is 9.88 Å². The molecule has 0 saturated heterocycles. The number of amides is 3. The average Bonchev–Trinajstić information content (AvgIpc) is 3.03. The minimum Gasteiger partial charge on any atom is -0.335 e. The molecule has 2 aromatic rings. The van der Waals surface area contributed by atoms with Gasteiger partial charge in [-0.05, 0) is 30.9 Å². The van der Waals surface area contributed by atoms with Crippen LogP contribution in [-0.2, 0) is 11.8 Å². The van der Waals surface area contributed by atoms with Crippen LogP contribution in [0.15, 0.2) is 29.4 Å². The molecular weight excluding hydrogens is 398 g/mol. The normalized spacial score (nSPS) is 19.2. The van der Waals surface area contributed by atoms with Gasteiger partial charge in [0, 0.05) is 18.7 Å². The van der Waals surface area contributed by atoms with Gasteiger partial charge in [-0.1, -0.05) is 55.3 Å². The van der Waals surface area contributed by atoms with Gasteiger partial charge in [0.05, 0.1) is 10.8 Å². The van der Waals surface area contributed by atoms with Crippen molar-refractivity contribution in [1.29, 1.82) is 0 Å². The summed E-state index contributed by atoms with van der Waals surface area (Å²) in [5.41, 5.74) is 0.774. The number of halogens is 1. The highest BCUT2D eigenvalue weighted by Gasteiger charge is 2.23. The van der Waals surface area contributed by atoms with E-state index in [1.807, 2.05) is 25.2 Å². The number of urea groups is 1. The first kappa shape index (κ1) is 20.7. The fourth-order valence-electron chi connectivity index (χ4n) is 3.35. The number of carbonyl (C=O) groups excluding carboxylic acids is 2. The molecule has 0 spiro atoms. The first-order valence-corrected chi connectivity index (χ1v) is 10.7. The zero-order chi connectivity index (χ0) is 20.1. The van der Waals surface area contributed by atoms with Gasteiger partial charge in [-0.3, -0.25) is 10.1 Å². The van der Waals surface area contributed by atoms with Crippen molar-refractivity contribution in [1.82, 2.24) is 25.4 Å². The Labute approximate surface area is 173 Å². The lowest BCUT2D eigenvalue weighted by Gasteiger charge is -2.29. The van der Waals surface area contributed by atoms with Crippen LogP contribution in [0.2, 0.25) is 5.02 Å². The highest BCUT2D eigenvalue weighted by atomic mass is 35.5. The summed E-state index contributed by atoms with van der Waals surface area (Å²) in [6.07, 6.45) is 4.37. The van der Waals surface area contributed by atoms with Gasteiger partial charge in [-0.25, -0.2) is 4.79 Å². The molecule has 1 heterocycles. The van der Waals surface area contributed by atoms with Crippen LogP contribution in [0.4, 0.5) is 4.79 Å². The van der Waals surface area contributed by atoms with Crippen LogP contribution < -0.4 is 10.6 Å². The highest BCUT2D eigenvalue weighted by molar-refractivity contribution is 7.99. The Bertz CT molecular complexity index is 857. The standard InChI is InChI=1S/C19H24ClN5O2S/c1-12-7-3-6-10-15(12)21-18(27)22-16(26)11-28-19-24-23-17(25(19)2)13-8-4-5-9-14(13)20/h4-5,8-9,12,15H,3,6-7,10-11H2,1-2H3,(H2,21,22,26,27). The Balaban J connectivity index is 1.52. The fraction of sp³-hybridized carbons (Fsp3) is 0.474. The van der Waals surface area contributed by atoms with Crippen molar-refractivity contribution in [2.75, 3.05) is 5.75 Å². The van der Waals surface area contributed by atoms with Gasteiger partial charge in [-0.15, -0.1) is 10.2 Å². The monoisotopic (exact) mass is 421 g/mol. The van der Waals surface area contributed by atoms with E-state index in [-0.39, 0.29) is 17.7 Å². The van der Waals surface area contributed by atoms with E-state index in [0.717, 1.165) is 24.8 Å². The number of nitrogens with one attached hydrogen (secondary N) is 2. The van der Waals surface area contributed by atoms with Crippen LogP contribution in [0, 0.1) is 5.92 Å². The summed E-state index contributed by atoms with van der Waals surface area (Å²) in [6, 6.07) is 7.08. The van der Waals surface area contributed by atoms with Crippen molar-refractivity contribution in [3.63, 3.8) is 0 Å². The third kappa shape index (κ3) is 5.05. The van der Waals surface area contributed by atoms with Gasteiger partial charge in [0.2, 0.25) is 5.91 Å². The summed E-state index contributed by atoms with van der Waals surface area (Å²) in [5.74, 6) is 0.763. The van der Waals surface area contributed by atoms with E-state index < -0.39 is 6.03 Å². The van der Waals surface area contributed by atoms with Crippen molar-refractivity contribution >= 4 is 35.3 Å². The predicted octanol–water partition coefficient (Wildman–Crippen LogP) is 3.63. The largest absolute Gasteiger partial charge is 0.335 e. The Morgan fingerprint density at radius 3 is 2.75 bits per heavy atom. The van der Waals surface area contributed by atoms with Gasteiger partial charge >= 0.3 is 6.03 Å². The summed E-state index contributed by atoms with van der Waals surface area (Å²) >= 11 is 7.44. The maximum Gasteiger partial charge on any atom is 0.321 e. The number of hydrogen-bond acceptors (Lipinski definition) is 5. The minimum absolute atomic E-state index is 0.0716. The summed E-state index contributed by atoms with van der Waals surface area (Å²) in [5, 5.41) is 14.8. The molecule has 3 rings (SSSR count). The van der Waals surface area contributed by atoms with Crippen molar-refractivity contribution in [3.8, 4) is 11.4 Å². The lowest BCUT2D eigenvalue weighted by atomic mass is 9.86. The first-order chi connectivity index (χ1) is 13.5. The molecular formula is C19H24ClN5O2S. The maximum atomic E-state index is 12.1. The predicted molar refractivity (Wildman–Crippen MR) is 110 cm³/mol. The minimum atomic E-state index is -0.431. The molecule has 1 fully saturated rings. The van der Waals surface area contributed by atoms with Crippen LogP contribution in [0.1, 0.15) is 32.6 Å². The van der Waals surface area contributed by atoms with E-state index >= 15 is 0 Å². The molecule has 150 valence electrons. The van der Waals surface area contributed by atoms with Crippen molar-refractivity contribution in [2.45, 2.75) is 43.8 Å². The molecule has 2 N–H and O–H groups in total. The van der Waals surface area contributed by atoms with Crippen LogP contribution in [0.25, 0.3) is 11.4 Å².